The van der Waals surface area contributed by atoms with Gasteiger partial charge in [-0.2, -0.15) is 5.10 Å². The molecule has 1 heterocycles. The lowest BCUT2D eigenvalue weighted by atomic mass is 10.1. The summed E-state index contributed by atoms with van der Waals surface area (Å²) in [6.07, 6.45) is 0.111. The van der Waals surface area contributed by atoms with Crippen molar-refractivity contribution < 1.29 is 28.3 Å². The van der Waals surface area contributed by atoms with Gasteiger partial charge >= 0.3 is 5.97 Å². The number of carbonyl (C=O) groups excluding carboxylic acids is 2. The van der Waals surface area contributed by atoms with E-state index in [0.29, 0.717) is 12.1 Å². The number of anilines is 1. The van der Waals surface area contributed by atoms with Crippen LogP contribution in [0.25, 0.3) is 0 Å². The molecule has 1 aromatic rings. The van der Waals surface area contributed by atoms with Crippen LogP contribution in [0.15, 0.2) is 17.2 Å². The Balaban J connectivity index is 2.27. The zero-order valence-corrected chi connectivity index (χ0v) is 10.4. The second kappa shape index (κ2) is 5.65. The van der Waals surface area contributed by atoms with Gasteiger partial charge in [0, 0.05) is 18.9 Å². The van der Waals surface area contributed by atoms with Crippen LogP contribution in [0.2, 0.25) is 0 Å². The third-order valence-corrected chi connectivity index (χ3v) is 2.71. The van der Waals surface area contributed by atoms with Gasteiger partial charge in [-0.3, -0.25) is 9.59 Å². The highest BCUT2D eigenvalue weighted by Crippen LogP contribution is 2.20. The van der Waals surface area contributed by atoms with Crippen molar-refractivity contribution in [2.24, 2.45) is 5.10 Å². The van der Waals surface area contributed by atoms with Crippen LogP contribution >= 0.6 is 0 Å². The summed E-state index contributed by atoms with van der Waals surface area (Å²) in [5.41, 5.74) is 1.06. The molecular formula is C12H9F2N3O4. The van der Waals surface area contributed by atoms with Gasteiger partial charge in [-0.1, -0.05) is 0 Å². The van der Waals surface area contributed by atoms with Crippen molar-refractivity contribution in [3.8, 4) is 0 Å². The van der Waals surface area contributed by atoms with Gasteiger partial charge in [0.15, 0.2) is 11.6 Å². The van der Waals surface area contributed by atoms with Crippen molar-refractivity contribution in [3.05, 3.63) is 29.3 Å². The van der Waals surface area contributed by atoms with Crippen LogP contribution in [0, 0.1) is 11.6 Å². The normalized spacial score (nSPS) is 14.2. The van der Waals surface area contributed by atoms with Crippen molar-refractivity contribution in [2.75, 3.05) is 5.32 Å². The van der Waals surface area contributed by atoms with Gasteiger partial charge in [0.1, 0.15) is 5.71 Å². The first-order chi connectivity index (χ1) is 9.88. The average Bonchev–Trinajstić information content (AvgIpc) is 2.43. The van der Waals surface area contributed by atoms with E-state index < -0.39 is 34.8 Å². The second-order valence-corrected chi connectivity index (χ2v) is 4.16. The molecule has 0 bridgehead atoms. The number of carboxylic acid groups (broad SMARTS) is 1. The van der Waals surface area contributed by atoms with E-state index in [1.165, 1.54) is 0 Å². The minimum atomic E-state index is -1.52. The summed E-state index contributed by atoms with van der Waals surface area (Å²) in [4.78, 5) is 33.7. The highest BCUT2D eigenvalue weighted by molar-refractivity contribution is 6.43. The maximum absolute atomic E-state index is 13.2. The van der Waals surface area contributed by atoms with Crippen molar-refractivity contribution in [3.63, 3.8) is 0 Å². The molecule has 110 valence electrons. The minimum absolute atomic E-state index is 0.0457. The Hall–Kier alpha value is -2.84. The monoisotopic (exact) mass is 297 g/mol. The molecule has 0 atom stereocenters. The van der Waals surface area contributed by atoms with E-state index in [1.807, 2.05) is 0 Å². The summed E-state index contributed by atoms with van der Waals surface area (Å²) in [5, 5.41) is 14.6. The fourth-order valence-electron chi connectivity index (χ4n) is 1.66. The summed E-state index contributed by atoms with van der Waals surface area (Å²) < 4.78 is 26.2. The first kappa shape index (κ1) is 14.6. The summed E-state index contributed by atoms with van der Waals surface area (Å²) in [5.74, 6) is -5.32. The molecule has 1 aromatic carbocycles. The van der Waals surface area contributed by atoms with Crippen molar-refractivity contribution in [1.29, 1.82) is 0 Å². The van der Waals surface area contributed by atoms with Gasteiger partial charge in [0.25, 0.3) is 5.91 Å². The van der Waals surface area contributed by atoms with E-state index in [1.54, 1.807) is 0 Å². The number of nitrogens with one attached hydrogen (secondary N) is 2. The average molecular weight is 297 g/mol. The van der Waals surface area contributed by atoms with Crippen LogP contribution in [-0.4, -0.2) is 28.6 Å². The molecule has 3 N–H and O–H groups in total. The van der Waals surface area contributed by atoms with Gasteiger partial charge in [-0.25, -0.2) is 19.0 Å². The molecule has 0 unspecified atom stereocenters. The van der Waals surface area contributed by atoms with Crippen LogP contribution in [0.3, 0.4) is 0 Å². The molecule has 0 fully saturated rings. The zero-order chi connectivity index (χ0) is 15.6. The summed E-state index contributed by atoms with van der Waals surface area (Å²) in [6, 6.07) is 1.04. The molecule has 21 heavy (non-hydrogen) atoms. The van der Waals surface area contributed by atoms with Crippen LogP contribution in [0.4, 0.5) is 14.5 Å². The van der Waals surface area contributed by atoms with Crippen molar-refractivity contribution in [1.82, 2.24) is 5.43 Å². The van der Waals surface area contributed by atoms with Crippen LogP contribution in [0.5, 0.6) is 0 Å². The Kier molecular flexibility index (Phi) is 3.92. The van der Waals surface area contributed by atoms with E-state index in [-0.39, 0.29) is 24.5 Å². The number of hydrazone groups is 1. The van der Waals surface area contributed by atoms with E-state index in [0.717, 1.165) is 0 Å². The Morgan fingerprint density at radius 1 is 1.24 bits per heavy atom. The van der Waals surface area contributed by atoms with Gasteiger partial charge in [-0.15, -0.1) is 0 Å². The van der Waals surface area contributed by atoms with E-state index in [4.69, 9.17) is 5.11 Å². The fraction of sp³-hybridized carbons (Fsp3) is 0.167. The number of benzene rings is 1. The third kappa shape index (κ3) is 3.19. The molecule has 9 heteroatoms. The number of nitrogens with zero attached hydrogens (tertiary/aromatic N) is 1. The lowest BCUT2D eigenvalue weighted by Gasteiger charge is -2.13. The zero-order valence-electron chi connectivity index (χ0n) is 10.4. The van der Waals surface area contributed by atoms with Crippen molar-refractivity contribution in [2.45, 2.75) is 12.8 Å². The number of hydrogen-bond acceptors (Lipinski definition) is 4. The molecule has 0 saturated carbocycles. The lowest BCUT2D eigenvalue weighted by Crippen LogP contribution is -2.33. The van der Waals surface area contributed by atoms with E-state index >= 15 is 0 Å². The van der Waals surface area contributed by atoms with Crippen LogP contribution < -0.4 is 10.7 Å². The maximum Gasteiger partial charge on any atom is 0.337 e. The van der Waals surface area contributed by atoms with Gasteiger partial charge in [0.05, 0.1) is 11.3 Å². The smallest absolute Gasteiger partial charge is 0.337 e. The molecule has 0 spiro atoms. The molecule has 0 radical (unpaired) electrons. The Morgan fingerprint density at radius 2 is 1.90 bits per heavy atom. The third-order valence-electron chi connectivity index (χ3n) is 2.71. The van der Waals surface area contributed by atoms with Gasteiger partial charge < -0.3 is 10.4 Å². The quantitative estimate of drug-likeness (QED) is 0.769. The largest absolute Gasteiger partial charge is 0.478 e. The number of hydrogen-bond donors (Lipinski definition) is 3. The molecule has 0 aliphatic carbocycles. The Morgan fingerprint density at radius 3 is 2.48 bits per heavy atom. The molecule has 0 saturated heterocycles. The number of halogens is 2. The van der Waals surface area contributed by atoms with E-state index in [2.05, 4.69) is 15.8 Å². The van der Waals surface area contributed by atoms with Gasteiger partial charge in [0.2, 0.25) is 5.91 Å². The molecule has 2 amide bonds. The SMILES string of the molecule is O=C1CCC(C(=O)Nc2cc(F)c(F)cc2C(=O)O)=NN1. The maximum atomic E-state index is 13.2. The number of amides is 2. The topological polar surface area (TPSA) is 108 Å². The predicted molar refractivity (Wildman–Crippen MR) is 66.8 cm³/mol. The molecule has 0 aromatic heterocycles. The first-order valence-corrected chi connectivity index (χ1v) is 5.77. The summed E-state index contributed by atoms with van der Waals surface area (Å²) >= 11 is 0. The number of carbonyl (C=O) groups is 3. The number of aromatic carboxylic acids is 1. The molecule has 1 aliphatic rings. The molecule has 1 aliphatic heterocycles. The molecule has 2 rings (SSSR count). The standard InChI is InChI=1S/C12H9F2N3O4/c13-6-3-5(12(20)21)9(4-7(6)14)15-11(19)8-1-2-10(18)17-16-8/h3-4H,1-2H2,(H,15,19)(H,17,18)(H,20,21). The second-order valence-electron chi connectivity index (χ2n) is 4.16. The van der Waals surface area contributed by atoms with E-state index in [9.17, 15) is 23.2 Å². The Bertz CT molecular complexity index is 673. The van der Waals surface area contributed by atoms with Crippen LogP contribution in [0.1, 0.15) is 23.2 Å². The van der Waals surface area contributed by atoms with Crippen LogP contribution in [-0.2, 0) is 9.59 Å². The highest BCUT2D eigenvalue weighted by Gasteiger charge is 2.22. The number of rotatable bonds is 3. The lowest BCUT2D eigenvalue weighted by molar-refractivity contribution is -0.121. The first-order valence-electron chi connectivity index (χ1n) is 5.77. The number of carboxylic acids is 1. The minimum Gasteiger partial charge on any atom is -0.478 e. The van der Waals surface area contributed by atoms with Gasteiger partial charge in [-0.05, 0) is 6.07 Å². The summed E-state index contributed by atoms with van der Waals surface area (Å²) in [6.45, 7) is 0. The molecular weight excluding hydrogens is 288 g/mol. The highest BCUT2D eigenvalue weighted by atomic mass is 19.2. The fourth-order valence-corrected chi connectivity index (χ4v) is 1.66. The summed E-state index contributed by atoms with van der Waals surface area (Å²) in [7, 11) is 0. The Labute approximate surface area is 116 Å². The molecule has 7 nitrogen and oxygen atoms in total. The van der Waals surface area contributed by atoms with Crippen molar-refractivity contribution >= 4 is 29.2 Å². The predicted octanol–water partition coefficient (Wildman–Crippen LogP) is 0.867.